The van der Waals surface area contributed by atoms with E-state index in [0.717, 1.165) is 3.57 Å². The predicted molar refractivity (Wildman–Crippen MR) is 87.0 cm³/mol. The summed E-state index contributed by atoms with van der Waals surface area (Å²) in [5, 5.41) is 20.2. The summed E-state index contributed by atoms with van der Waals surface area (Å²) in [7, 11) is 0. The van der Waals surface area contributed by atoms with E-state index in [1.807, 2.05) is 22.6 Å². The van der Waals surface area contributed by atoms with Crippen LogP contribution in [0.4, 0.5) is 5.69 Å². The molecule has 6 nitrogen and oxygen atoms in total. The van der Waals surface area contributed by atoms with Gasteiger partial charge in [0.25, 0.3) is 0 Å². The molecule has 21 heavy (non-hydrogen) atoms. The fraction of sp³-hybridized carbons (Fsp3) is 0. The summed E-state index contributed by atoms with van der Waals surface area (Å²) in [5.74, 6) is -1.15. The Morgan fingerprint density at radius 3 is 2.57 bits per heavy atom. The summed E-state index contributed by atoms with van der Waals surface area (Å²) < 4.78 is 6.75. The molecule has 0 radical (unpaired) electrons. The molecule has 108 valence electrons. The normalized spacial score (nSPS) is 10.2. The van der Waals surface area contributed by atoms with E-state index < -0.39 is 10.9 Å². The number of carbonyl (C=O) groups is 1. The minimum Gasteiger partial charge on any atom is -0.478 e. The van der Waals surface area contributed by atoms with Crippen molar-refractivity contribution < 1.29 is 19.6 Å². The number of halogens is 2. The summed E-state index contributed by atoms with van der Waals surface area (Å²) >= 11 is 5.17. The maximum atomic E-state index is 11.2. The highest BCUT2D eigenvalue weighted by atomic mass is 127. The van der Waals surface area contributed by atoms with Crippen LogP contribution < -0.4 is 4.74 Å². The largest absolute Gasteiger partial charge is 0.478 e. The minimum atomic E-state index is -1.17. The third kappa shape index (κ3) is 3.70. The monoisotopic (exact) mass is 463 g/mol. The summed E-state index contributed by atoms with van der Waals surface area (Å²) in [4.78, 5) is 21.6. The topological polar surface area (TPSA) is 89.7 Å². The number of nitro benzene ring substituents is 1. The third-order valence-corrected chi connectivity index (χ3v) is 3.67. The van der Waals surface area contributed by atoms with E-state index in [1.165, 1.54) is 30.3 Å². The molecule has 0 amide bonds. The second kappa shape index (κ2) is 6.39. The highest BCUT2D eigenvalue weighted by Crippen LogP contribution is 2.35. The van der Waals surface area contributed by atoms with Gasteiger partial charge in [0.2, 0.25) is 5.75 Å². The van der Waals surface area contributed by atoms with Crippen molar-refractivity contribution in [1.82, 2.24) is 0 Å². The van der Waals surface area contributed by atoms with E-state index in [-0.39, 0.29) is 22.7 Å². The average Bonchev–Trinajstić information content (AvgIpc) is 2.40. The smallest absolute Gasteiger partial charge is 0.339 e. The van der Waals surface area contributed by atoms with Gasteiger partial charge in [0.1, 0.15) is 11.3 Å². The number of benzene rings is 2. The van der Waals surface area contributed by atoms with E-state index in [1.54, 1.807) is 6.07 Å². The van der Waals surface area contributed by atoms with Crippen LogP contribution in [-0.4, -0.2) is 16.0 Å². The Bertz CT molecular complexity index is 734. The number of hydrogen-bond donors (Lipinski definition) is 1. The van der Waals surface area contributed by atoms with Gasteiger partial charge in [0.05, 0.1) is 4.92 Å². The fourth-order valence-corrected chi connectivity index (χ4v) is 2.43. The first-order valence-corrected chi connectivity index (χ1v) is 7.40. The van der Waals surface area contributed by atoms with Crippen LogP contribution in [0.2, 0.25) is 0 Å². The highest BCUT2D eigenvalue weighted by molar-refractivity contribution is 14.1. The maximum absolute atomic E-state index is 11.2. The van der Waals surface area contributed by atoms with Gasteiger partial charge < -0.3 is 9.84 Å². The van der Waals surface area contributed by atoms with Crippen LogP contribution in [0.3, 0.4) is 0 Å². The lowest BCUT2D eigenvalue weighted by Gasteiger charge is -2.09. The van der Waals surface area contributed by atoms with E-state index in [2.05, 4.69) is 15.9 Å². The highest BCUT2D eigenvalue weighted by Gasteiger charge is 2.19. The Balaban J connectivity index is 2.50. The van der Waals surface area contributed by atoms with Crippen LogP contribution in [-0.2, 0) is 0 Å². The van der Waals surface area contributed by atoms with Crippen LogP contribution in [0.1, 0.15) is 10.4 Å². The lowest BCUT2D eigenvalue weighted by Crippen LogP contribution is -2.01. The molecule has 0 unspecified atom stereocenters. The Morgan fingerprint density at radius 1 is 1.24 bits per heavy atom. The lowest BCUT2D eigenvalue weighted by atomic mass is 10.2. The predicted octanol–water partition coefficient (Wildman–Crippen LogP) is 4.45. The molecule has 0 spiro atoms. The van der Waals surface area contributed by atoms with Gasteiger partial charge in [0, 0.05) is 20.2 Å². The molecular formula is C13H7BrINO5. The number of rotatable bonds is 4. The number of ether oxygens (including phenoxy) is 1. The molecule has 0 bridgehead atoms. The van der Waals surface area contributed by atoms with Gasteiger partial charge in [-0.25, -0.2) is 4.79 Å². The standard InChI is InChI=1S/C13H7BrINO5/c14-7-1-3-10(16(19)20)12(5-7)21-11-4-2-8(15)6-9(11)13(17)18/h1-6H,(H,17,18). The first-order valence-electron chi connectivity index (χ1n) is 5.53. The molecule has 2 aromatic carbocycles. The van der Waals surface area contributed by atoms with Gasteiger partial charge in [-0.3, -0.25) is 10.1 Å². The van der Waals surface area contributed by atoms with Gasteiger partial charge >= 0.3 is 11.7 Å². The molecule has 0 saturated carbocycles. The molecule has 0 aliphatic heterocycles. The molecular weight excluding hydrogens is 457 g/mol. The quantitative estimate of drug-likeness (QED) is 0.411. The van der Waals surface area contributed by atoms with Crippen molar-refractivity contribution in [3.8, 4) is 11.5 Å². The van der Waals surface area contributed by atoms with Gasteiger partial charge in [-0.05, 0) is 46.9 Å². The van der Waals surface area contributed by atoms with Crippen molar-refractivity contribution >= 4 is 50.2 Å². The van der Waals surface area contributed by atoms with Crippen LogP contribution in [0.5, 0.6) is 11.5 Å². The molecule has 0 aliphatic carbocycles. The second-order valence-corrected chi connectivity index (χ2v) is 6.08. The van der Waals surface area contributed by atoms with Gasteiger partial charge in [-0.15, -0.1) is 0 Å². The number of carboxylic acid groups (broad SMARTS) is 1. The first kappa shape index (κ1) is 15.7. The molecule has 0 aliphatic rings. The minimum absolute atomic E-state index is 0.0296. The van der Waals surface area contributed by atoms with E-state index >= 15 is 0 Å². The van der Waals surface area contributed by atoms with E-state index in [4.69, 9.17) is 4.74 Å². The van der Waals surface area contributed by atoms with Crippen molar-refractivity contribution in [3.05, 3.63) is 60.1 Å². The average molecular weight is 464 g/mol. The van der Waals surface area contributed by atoms with Crippen molar-refractivity contribution in [1.29, 1.82) is 0 Å². The zero-order chi connectivity index (χ0) is 15.6. The molecule has 0 fully saturated rings. The summed E-state index contributed by atoms with van der Waals surface area (Å²) in [6.45, 7) is 0. The molecule has 2 aromatic rings. The number of carboxylic acids is 1. The van der Waals surface area contributed by atoms with Crippen molar-refractivity contribution in [3.63, 3.8) is 0 Å². The molecule has 0 saturated heterocycles. The lowest BCUT2D eigenvalue weighted by molar-refractivity contribution is -0.385. The number of hydrogen-bond acceptors (Lipinski definition) is 4. The molecule has 1 N–H and O–H groups in total. The molecule has 8 heteroatoms. The number of nitro groups is 1. The number of nitrogens with zero attached hydrogens (tertiary/aromatic N) is 1. The molecule has 0 aromatic heterocycles. The van der Waals surface area contributed by atoms with Crippen LogP contribution >= 0.6 is 38.5 Å². The maximum Gasteiger partial charge on any atom is 0.339 e. The first-order chi connectivity index (χ1) is 9.88. The Morgan fingerprint density at radius 2 is 1.95 bits per heavy atom. The Labute approximate surface area is 141 Å². The van der Waals surface area contributed by atoms with Crippen LogP contribution in [0.25, 0.3) is 0 Å². The zero-order valence-electron chi connectivity index (χ0n) is 10.2. The molecule has 2 rings (SSSR count). The Hall–Kier alpha value is -1.68. The van der Waals surface area contributed by atoms with Gasteiger partial charge in [0.15, 0.2) is 0 Å². The van der Waals surface area contributed by atoms with E-state index in [9.17, 15) is 20.0 Å². The number of aromatic carboxylic acids is 1. The van der Waals surface area contributed by atoms with Crippen LogP contribution in [0, 0.1) is 13.7 Å². The molecule has 0 heterocycles. The second-order valence-electron chi connectivity index (χ2n) is 3.92. The fourth-order valence-electron chi connectivity index (χ4n) is 1.60. The van der Waals surface area contributed by atoms with Crippen molar-refractivity contribution in [2.45, 2.75) is 0 Å². The van der Waals surface area contributed by atoms with Crippen molar-refractivity contribution in [2.24, 2.45) is 0 Å². The summed E-state index contributed by atoms with van der Waals surface area (Å²) in [5.41, 5.74) is -0.302. The SMILES string of the molecule is O=C(O)c1cc(I)ccc1Oc1cc(Br)ccc1[N+](=O)[O-]. The van der Waals surface area contributed by atoms with Gasteiger partial charge in [-0.1, -0.05) is 15.9 Å². The van der Waals surface area contributed by atoms with Crippen LogP contribution in [0.15, 0.2) is 40.9 Å². The zero-order valence-corrected chi connectivity index (χ0v) is 14.0. The van der Waals surface area contributed by atoms with Crippen molar-refractivity contribution in [2.75, 3.05) is 0 Å². The summed E-state index contributed by atoms with van der Waals surface area (Å²) in [6, 6.07) is 8.77. The Kier molecular flexibility index (Phi) is 4.78. The van der Waals surface area contributed by atoms with E-state index in [0.29, 0.717) is 4.47 Å². The molecule has 0 atom stereocenters. The van der Waals surface area contributed by atoms with Gasteiger partial charge in [-0.2, -0.15) is 0 Å². The summed E-state index contributed by atoms with van der Waals surface area (Å²) in [6.07, 6.45) is 0. The third-order valence-electron chi connectivity index (χ3n) is 2.51.